The van der Waals surface area contributed by atoms with Gasteiger partial charge in [-0.1, -0.05) is 48.9 Å². The molecule has 0 aliphatic rings. The summed E-state index contributed by atoms with van der Waals surface area (Å²) in [4.78, 5) is 4.57. The zero-order valence-corrected chi connectivity index (χ0v) is 11.7. The molecule has 1 heterocycles. The van der Waals surface area contributed by atoms with E-state index in [4.69, 9.17) is 0 Å². The van der Waals surface area contributed by atoms with E-state index in [1.54, 1.807) is 11.3 Å². The molecule has 19 heavy (non-hydrogen) atoms. The highest BCUT2D eigenvalue weighted by molar-refractivity contribution is 7.22. The summed E-state index contributed by atoms with van der Waals surface area (Å²) in [5.74, 6) is 0. The van der Waals surface area contributed by atoms with Crippen LogP contribution in [0.2, 0.25) is 0 Å². The number of nitrogens with zero attached hydrogens (tertiary/aromatic N) is 1. The lowest BCUT2D eigenvalue weighted by Crippen LogP contribution is -1.90. The number of aryl methyl sites for hydroxylation is 1. The van der Waals surface area contributed by atoms with Gasteiger partial charge in [0.1, 0.15) is 0 Å². The number of para-hydroxylation sites is 1. The molecule has 0 saturated heterocycles. The fraction of sp³-hybridized carbons (Fsp3) is 0.188. The molecule has 2 aromatic carbocycles. The standard InChI is InChI=1S/C16H16N2S/c1-2-5-12-8-10-13(11-9-12)17-16-18-14-6-3-4-7-15(14)19-16/h3-4,6-11H,2,5H2,1H3,(H,17,18). The Hall–Kier alpha value is -1.87. The zero-order chi connectivity index (χ0) is 13.1. The largest absolute Gasteiger partial charge is 0.332 e. The highest BCUT2D eigenvalue weighted by Crippen LogP contribution is 2.28. The average Bonchev–Trinajstić information content (AvgIpc) is 2.83. The van der Waals surface area contributed by atoms with Crippen molar-refractivity contribution in [1.29, 1.82) is 0 Å². The highest BCUT2D eigenvalue weighted by Gasteiger charge is 2.03. The predicted octanol–water partition coefficient (Wildman–Crippen LogP) is 4.99. The molecule has 0 bridgehead atoms. The molecule has 1 aromatic heterocycles. The van der Waals surface area contributed by atoms with Crippen LogP contribution in [0.15, 0.2) is 48.5 Å². The highest BCUT2D eigenvalue weighted by atomic mass is 32.1. The van der Waals surface area contributed by atoms with Gasteiger partial charge < -0.3 is 5.32 Å². The first-order chi connectivity index (χ1) is 9.35. The molecular weight excluding hydrogens is 252 g/mol. The molecule has 3 rings (SSSR count). The van der Waals surface area contributed by atoms with Crippen molar-refractivity contribution in [1.82, 2.24) is 4.98 Å². The Morgan fingerprint density at radius 1 is 1.05 bits per heavy atom. The van der Waals surface area contributed by atoms with Gasteiger partial charge in [0.05, 0.1) is 10.2 Å². The van der Waals surface area contributed by atoms with Crippen LogP contribution in [0.1, 0.15) is 18.9 Å². The summed E-state index contributed by atoms with van der Waals surface area (Å²) < 4.78 is 1.22. The molecule has 0 saturated carbocycles. The summed E-state index contributed by atoms with van der Waals surface area (Å²) in [5, 5.41) is 4.32. The van der Waals surface area contributed by atoms with Gasteiger partial charge in [-0.05, 0) is 36.2 Å². The van der Waals surface area contributed by atoms with Crippen LogP contribution in [0.3, 0.4) is 0 Å². The first-order valence-electron chi connectivity index (χ1n) is 6.56. The van der Waals surface area contributed by atoms with Crippen LogP contribution < -0.4 is 5.32 Å². The van der Waals surface area contributed by atoms with Crippen molar-refractivity contribution in [3.05, 3.63) is 54.1 Å². The molecule has 1 N–H and O–H groups in total. The SMILES string of the molecule is CCCc1ccc(Nc2nc3ccccc3s2)cc1. The third kappa shape index (κ3) is 2.76. The van der Waals surface area contributed by atoms with Crippen molar-refractivity contribution in [2.45, 2.75) is 19.8 Å². The second-order valence-electron chi connectivity index (χ2n) is 4.56. The molecule has 0 atom stereocenters. The number of hydrogen-bond acceptors (Lipinski definition) is 3. The molecule has 3 heteroatoms. The number of hydrogen-bond donors (Lipinski definition) is 1. The topological polar surface area (TPSA) is 24.9 Å². The molecule has 0 spiro atoms. The Morgan fingerprint density at radius 2 is 1.84 bits per heavy atom. The molecule has 2 nitrogen and oxygen atoms in total. The molecule has 96 valence electrons. The van der Waals surface area contributed by atoms with E-state index in [1.807, 2.05) is 18.2 Å². The molecule has 0 aliphatic heterocycles. The minimum absolute atomic E-state index is 0.949. The summed E-state index contributed by atoms with van der Waals surface area (Å²) in [6.45, 7) is 2.20. The fourth-order valence-electron chi connectivity index (χ4n) is 2.09. The summed E-state index contributed by atoms with van der Waals surface area (Å²) >= 11 is 1.68. The maximum absolute atomic E-state index is 4.57. The smallest absolute Gasteiger partial charge is 0.188 e. The van der Waals surface area contributed by atoms with Crippen LogP contribution in [0.25, 0.3) is 10.2 Å². The van der Waals surface area contributed by atoms with Crippen molar-refractivity contribution in [3.63, 3.8) is 0 Å². The zero-order valence-electron chi connectivity index (χ0n) is 10.9. The van der Waals surface area contributed by atoms with E-state index in [2.05, 4.69) is 47.6 Å². The lowest BCUT2D eigenvalue weighted by molar-refractivity contribution is 0.922. The van der Waals surface area contributed by atoms with Gasteiger partial charge in [-0.3, -0.25) is 0 Å². The predicted molar refractivity (Wildman–Crippen MR) is 83.3 cm³/mol. The number of benzene rings is 2. The van der Waals surface area contributed by atoms with Crippen LogP contribution in [0.4, 0.5) is 10.8 Å². The van der Waals surface area contributed by atoms with Gasteiger partial charge in [-0.15, -0.1) is 0 Å². The van der Waals surface area contributed by atoms with E-state index < -0.39 is 0 Å². The summed E-state index contributed by atoms with van der Waals surface area (Å²) in [5.41, 5.74) is 3.54. The van der Waals surface area contributed by atoms with Crippen LogP contribution in [-0.4, -0.2) is 4.98 Å². The fourth-order valence-corrected chi connectivity index (χ4v) is 2.98. The minimum Gasteiger partial charge on any atom is -0.332 e. The van der Waals surface area contributed by atoms with E-state index in [0.29, 0.717) is 0 Å². The maximum atomic E-state index is 4.57. The average molecular weight is 268 g/mol. The molecule has 3 aromatic rings. The van der Waals surface area contributed by atoms with Crippen LogP contribution >= 0.6 is 11.3 Å². The van der Waals surface area contributed by atoms with Gasteiger partial charge in [-0.2, -0.15) is 0 Å². The van der Waals surface area contributed by atoms with Crippen molar-refractivity contribution >= 4 is 32.4 Å². The number of aromatic nitrogens is 1. The van der Waals surface area contributed by atoms with Gasteiger partial charge in [-0.25, -0.2) is 4.98 Å². The third-order valence-corrected chi connectivity index (χ3v) is 3.99. The second kappa shape index (κ2) is 5.41. The first-order valence-corrected chi connectivity index (χ1v) is 7.38. The molecule has 0 unspecified atom stereocenters. The van der Waals surface area contributed by atoms with Crippen molar-refractivity contribution in [3.8, 4) is 0 Å². The molecule has 0 fully saturated rings. The van der Waals surface area contributed by atoms with Gasteiger partial charge in [0, 0.05) is 5.69 Å². The van der Waals surface area contributed by atoms with Gasteiger partial charge >= 0.3 is 0 Å². The molecule has 0 radical (unpaired) electrons. The van der Waals surface area contributed by atoms with E-state index in [1.165, 1.54) is 16.7 Å². The number of thiazole rings is 1. The van der Waals surface area contributed by atoms with Gasteiger partial charge in [0.25, 0.3) is 0 Å². The Labute approximate surface area is 117 Å². The quantitative estimate of drug-likeness (QED) is 0.721. The Kier molecular flexibility index (Phi) is 3.47. The van der Waals surface area contributed by atoms with Crippen molar-refractivity contribution in [2.75, 3.05) is 5.32 Å². The summed E-state index contributed by atoms with van der Waals surface area (Å²) in [6, 6.07) is 16.8. The molecular formula is C16H16N2S. The lowest BCUT2D eigenvalue weighted by atomic mass is 10.1. The van der Waals surface area contributed by atoms with E-state index in [9.17, 15) is 0 Å². The normalized spacial score (nSPS) is 10.8. The second-order valence-corrected chi connectivity index (χ2v) is 5.59. The Bertz CT molecular complexity index is 638. The van der Waals surface area contributed by atoms with Crippen LogP contribution in [-0.2, 0) is 6.42 Å². The third-order valence-electron chi connectivity index (χ3n) is 3.04. The van der Waals surface area contributed by atoms with E-state index >= 15 is 0 Å². The van der Waals surface area contributed by atoms with Crippen molar-refractivity contribution < 1.29 is 0 Å². The Morgan fingerprint density at radius 3 is 2.58 bits per heavy atom. The van der Waals surface area contributed by atoms with Crippen LogP contribution in [0, 0.1) is 0 Å². The van der Waals surface area contributed by atoms with E-state index in [-0.39, 0.29) is 0 Å². The van der Waals surface area contributed by atoms with Crippen molar-refractivity contribution in [2.24, 2.45) is 0 Å². The number of rotatable bonds is 4. The first kappa shape index (κ1) is 12.2. The monoisotopic (exact) mass is 268 g/mol. The van der Waals surface area contributed by atoms with Gasteiger partial charge in [0.2, 0.25) is 0 Å². The minimum atomic E-state index is 0.949. The maximum Gasteiger partial charge on any atom is 0.188 e. The molecule has 0 aliphatic carbocycles. The van der Waals surface area contributed by atoms with Crippen LogP contribution in [0.5, 0.6) is 0 Å². The number of fused-ring (bicyclic) bond motifs is 1. The molecule has 0 amide bonds. The van der Waals surface area contributed by atoms with E-state index in [0.717, 1.165) is 22.8 Å². The number of nitrogens with one attached hydrogen (secondary N) is 1. The summed E-state index contributed by atoms with van der Waals surface area (Å²) in [6.07, 6.45) is 2.33. The summed E-state index contributed by atoms with van der Waals surface area (Å²) in [7, 11) is 0. The Balaban J connectivity index is 1.80. The number of anilines is 2. The lowest BCUT2D eigenvalue weighted by Gasteiger charge is -2.03. The van der Waals surface area contributed by atoms with Gasteiger partial charge in [0.15, 0.2) is 5.13 Å².